The molecule has 112 valence electrons. The first-order chi connectivity index (χ1) is 8.99. The highest BCUT2D eigenvalue weighted by Gasteiger charge is 2.15. The van der Waals surface area contributed by atoms with Crippen molar-refractivity contribution < 1.29 is 14.7 Å². The lowest BCUT2D eigenvalue weighted by atomic mass is 10.2. The van der Waals surface area contributed by atoms with Gasteiger partial charge >= 0.3 is 12.0 Å². The third kappa shape index (κ3) is 9.33. The van der Waals surface area contributed by atoms with Crippen molar-refractivity contribution in [2.75, 3.05) is 13.1 Å². The third-order valence-corrected chi connectivity index (χ3v) is 2.98. The highest BCUT2D eigenvalue weighted by atomic mass is 16.4. The number of amides is 2. The number of carbonyl (C=O) groups excluding carboxylic acids is 1. The van der Waals surface area contributed by atoms with Gasteiger partial charge in [-0.1, -0.05) is 19.8 Å². The second kappa shape index (κ2) is 10.6. The Morgan fingerprint density at radius 1 is 1.16 bits per heavy atom. The van der Waals surface area contributed by atoms with E-state index in [1.807, 2.05) is 18.7 Å². The second-order valence-corrected chi connectivity index (χ2v) is 5.08. The summed E-state index contributed by atoms with van der Waals surface area (Å²) in [5.41, 5.74) is 0. The predicted molar refractivity (Wildman–Crippen MR) is 76.3 cm³/mol. The summed E-state index contributed by atoms with van der Waals surface area (Å²) in [4.78, 5) is 24.2. The maximum absolute atomic E-state index is 12.0. The van der Waals surface area contributed by atoms with Crippen molar-refractivity contribution in [2.45, 2.75) is 65.3 Å². The predicted octanol–water partition coefficient (Wildman–Crippen LogP) is 2.85. The van der Waals surface area contributed by atoms with Gasteiger partial charge in [-0.15, -0.1) is 0 Å². The molecule has 0 aliphatic heterocycles. The van der Waals surface area contributed by atoms with Gasteiger partial charge in [0.05, 0.1) is 0 Å². The van der Waals surface area contributed by atoms with E-state index in [1.54, 1.807) is 0 Å². The number of carboxylic acids is 1. The molecule has 5 heteroatoms. The Labute approximate surface area is 116 Å². The minimum absolute atomic E-state index is 0.0403. The molecule has 0 spiro atoms. The van der Waals surface area contributed by atoms with E-state index in [9.17, 15) is 9.59 Å². The molecule has 5 nitrogen and oxygen atoms in total. The van der Waals surface area contributed by atoms with Gasteiger partial charge in [-0.3, -0.25) is 4.79 Å². The molecular weight excluding hydrogens is 244 g/mol. The number of nitrogens with one attached hydrogen (secondary N) is 1. The molecule has 2 N–H and O–H groups in total. The van der Waals surface area contributed by atoms with Crippen LogP contribution in [0.25, 0.3) is 0 Å². The SMILES string of the molecule is CCCCCN(C(=O)NCCCCC(=O)O)C(C)C. The summed E-state index contributed by atoms with van der Waals surface area (Å²) in [7, 11) is 0. The summed E-state index contributed by atoms with van der Waals surface area (Å²) in [6.45, 7) is 7.49. The summed E-state index contributed by atoms with van der Waals surface area (Å²) < 4.78 is 0. The molecular formula is C14H28N2O3. The van der Waals surface area contributed by atoms with E-state index in [-0.39, 0.29) is 18.5 Å². The van der Waals surface area contributed by atoms with Crippen LogP contribution in [0.3, 0.4) is 0 Å². The Kier molecular flexibility index (Phi) is 9.94. The number of hydrogen-bond donors (Lipinski definition) is 2. The van der Waals surface area contributed by atoms with Crippen LogP contribution in [0, 0.1) is 0 Å². The maximum atomic E-state index is 12.0. The van der Waals surface area contributed by atoms with E-state index < -0.39 is 5.97 Å². The second-order valence-electron chi connectivity index (χ2n) is 5.08. The molecule has 0 bridgehead atoms. The van der Waals surface area contributed by atoms with Gasteiger partial charge in [-0.2, -0.15) is 0 Å². The number of urea groups is 1. The van der Waals surface area contributed by atoms with Crippen LogP contribution < -0.4 is 5.32 Å². The quantitative estimate of drug-likeness (QED) is 0.601. The lowest BCUT2D eigenvalue weighted by molar-refractivity contribution is -0.137. The van der Waals surface area contributed by atoms with Crippen molar-refractivity contribution in [1.29, 1.82) is 0 Å². The van der Waals surface area contributed by atoms with Crippen LogP contribution in [0.4, 0.5) is 4.79 Å². The molecule has 0 saturated carbocycles. The number of aliphatic carboxylic acids is 1. The van der Waals surface area contributed by atoms with Crippen LogP contribution >= 0.6 is 0 Å². The van der Waals surface area contributed by atoms with E-state index in [0.717, 1.165) is 25.8 Å². The lowest BCUT2D eigenvalue weighted by Crippen LogP contribution is -2.44. The average molecular weight is 272 g/mol. The van der Waals surface area contributed by atoms with Crippen molar-refractivity contribution in [2.24, 2.45) is 0 Å². The van der Waals surface area contributed by atoms with Crippen LogP contribution in [-0.4, -0.2) is 41.1 Å². The molecule has 0 fully saturated rings. The van der Waals surface area contributed by atoms with E-state index in [2.05, 4.69) is 12.2 Å². The van der Waals surface area contributed by atoms with Gasteiger partial charge in [0.1, 0.15) is 0 Å². The zero-order chi connectivity index (χ0) is 14.7. The van der Waals surface area contributed by atoms with Crippen LogP contribution in [0.2, 0.25) is 0 Å². The van der Waals surface area contributed by atoms with Crippen molar-refractivity contribution in [3.05, 3.63) is 0 Å². The molecule has 0 aliphatic rings. The van der Waals surface area contributed by atoms with E-state index in [0.29, 0.717) is 19.4 Å². The monoisotopic (exact) mass is 272 g/mol. The zero-order valence-corrected chi connectivity index (χ0v) is 12.4. The fraction of sp³-hybridized carbons (Fsp3) is 0.857. The Morgan fingerprint density at radius 3 is 2.37 bits per heavy atom. The number of hydrogen-bond acceptors (Lipinski definition) is 2. The Morgan fingerprint density at radius 2 is 1.84 bits per heavy atom. The third-order valence-electron chi connectivity index (χ3n) is 2.98. The lowest BCUT2D eigenvalue weighted by Gasteiger charge is -2.27. The largest absolute Gasteiger partial charge is 0.481 e. The van der Waals surface area contributed by atoms with Crippen molar-refractivity contribution in [3.63, 3.8) is 0 Å². The van der Waals surface area contributed by atoms with Crippen LogP contribution in [-0.2, 0) is 4.79 Å². The van der Waals surface area contributed by atoms with Gasteiger partial charge < -0.3 is 15.3 Å². The maximum Gasteiger partial charge on any atom is 0.317 e. The summed E-state index contributed by atoms with van der Waals surface area (Å²) in [6, 6.07) is 0.150. The number of rotatable bonds is 10. The van der Waals surface area contributed by atoms with Crippen LogP contribution in [0.5, 0.6) is 0 Å². The molecule has 0 saturated heterocycles. The molecule has 0 aromatic carbocycles. The Bertz CT molecular complexity index is 267. The van der Waals surface area contributed by atoms with Crippen LogP contribution in [0.15, 0.2) is 0 Å². The molecule has 0 heterocycles. The molecule has 0 atom stereocenters. The normalized spacial score (nSPS) is 10.5. The van der Waals surface area contributed by atoms with Gasteiger partial charge in [0.25, 0.3) is 0 Å². The van der Waals surface area contributed by atoms with E-state index in [4.69, 9.17) is 5.11 Å². The summed E-state index contributed by atoms with van der Waals surface area (Å²) in [6.07, 6.45) is 4.78. The molecule has 2 amide bonds. The fourth-order valence-electron chi connectivity index (χ4n) is 1.82. The fourth-order valence-corrected chi connectivity index (χ4v) is 1.82. The first-order valence-electron chi connectivity index (χ1n) is 7.25. The first-order valence-corrected chi connectivity index (χ1v) is 7.25. The number of carbonyl (C=O) groups is 2. The molecule has 19 heavy (non-hydrogen) atoms. The van der Waals surface area contributed by atoms with Gasteiger partial charge in [0.15, 0.2) is 0 Å². The van der Waals surface area contributed by atoms with E-state index >= 15 is 0 Å². The molecule has 0 aromatic heterocycles. The molecule has 0 unspecified atom stereocenters. The number of unbranched alkanes of at least 4 members (excludes halogenated alkanes) is 3. The van der Waals surface area contributed by atoms with Crippen LogP contribution in [0.1, 0.15) is 59.3 Å². The summed E-state index contributed by atoms with van der Waals surface area (Å²) in [5, 5.41) is 11.4. The van der Waals surface area contributed by atoms with Gasteiger partial charge in [0, 0.05) is 25.6 Å². The summed E-state index contributed by atoms with van der Waals surface area (Å²) in [5.74, 6) is -0.783. The highest BCUT2D eigenvalue weighted by Crippen LogP contribution is 2.04. The minimum Gasteiger partial charge on any atom is -0.481 e. The molecule has 0 aromatic rings. The van der Waals surface area contributed by atoms with E-state index in [1.165, 1.54) is 0 Å². The molecule has 0 radical (unpaired) electrons. The van der Waals surface area contributed by atoms with Gasteiger partial charge in [0.2, 0.25) is 0 Å². The smallest absolute Gasteiger partial charge is 0.317 e. The summed E-state index contributed by atoms with van der Waals surface area (Å²) >= 11 is 0. The number of nitrogens with zero attached hydrogens (tertiary/aromatic N) is 1. The Balaban J connectivity index is 3.87. The van der Waals surface area contributed by atoms with Crippen molar-refractivity contribution >= 4 is 12.0 Å². The van der Waals surface area contributed by atoms with Gasteiger partial charge in [-0.05, 0) is 33.1 Å². The topological polar surface area (TPSA) is 69.6 Å². The van der Waals surface area contributed by atoms with Crippen molar-refractivity contribution in [1.82, 2.24) is 10.2 Å². The Hall–Kier alpha value is -1.26. The minimum atomic E-state index is -0.783. The van der Waals surface area contributed by atoms with Crippen molar-refractivity contribution in [3.8, 4) is 0 Å². The number of carboxylic acid groups (broad SMARTS) is 1. The standard InChI is InChI=1S/C14H28N2O3/c1-4-5-8-11-16(12(2)3)14(19)15-10-7-6-9-13(17)18/h12H,4-11H2,1-3H3,(H,15,19)(H,17,18). The molecule has 0 aliphatic carbocycles. The van der Waals surface area contributed by atoms with Gasteiger partial charge in [-0.25, -0.2) is 4.79 Å². The molecule has 0 rings (SSSR count). The highest BCUT2D eigenvalue weighted by molar-refractivity contribution is 5.74. The average Bonchev–Trinajstić information content (AvgIpc) is 2.33. The first kappa shape index (κ1) is 17.7. The zero-order valence-electron chi connectivity index (χ0n) is 12.4.